The van der Waals surface area contributed by atoms with E-state index in [0.29, 0.717) is 5.92 Å². The number of esters is 1. The van der Waals surface area contributed by atoms with Crippen molar-refractivity contribution in [3.63, 3.8) is 0 Å². The predicted molar refractivity (Wildman–Crippen MR) is 58.9 cm³/mol. The summed E-state index contributed by atoms with van der Waals surface area (Å²) in [7, 11) is 1.26. The summed E-state index contributed by atoms with van der Waals surface area (Å²) in [6.45, 7) is 4.55. The first kappa shape index (κ1) is 13.4. The van der Waals surface area contributed by atoms with Gasteiger partial charge in [0.05, 0.1) is 13.7 Å². The molecular weight excluding hydrogens is 210 g/mol. The van der Waals surface area contributed by atoms with Crippen LogP contribution >= 0.6 is 0 Å². The first-order valence-electron chi connectivity index (χ1n) is 5.58. The molecule has 2 N–H and O–H groups in total. The van der Waals surface area contributed by atoms with Gasteiger partial charge in [-0.1, -0.05) is 6.92 Å². The third-order valence-corrected chi connectivity index (χ3v) is 3.32. The van der Waals surface area contributed by atoms with E-state index in [0.717, 1.165) is 13.0 Å². The molecule has 1 rings (SSSR count). The van der Waals surface area contributed by atoms with Crippen molar-refractivity contribution >= 4 is 5.97 Å². The maximum absolute atomic E-state index is 11.3. The molecule has 1 fully saturated rings. The lowest BCUT2D eigenvalue weighted by Gasteiger charge is -2.31. The number of likely N-dealkylation sites (tertiary alicyclic amines) is 1. The van der Waals surface area contributed by atoms with Crippen LogP contribution in [0.15, 0.2) is 0 Å². The summed E-state index contributed by atoms with van der Waals surface area (Å²) in [5.74, 6) is -0.248. The molecule has 0 aromatic carbocycles. The summed E-state index contributed by atoms with van der Waals surface area (Å²) < 4.78 is 4.54. The van der Waals surface area contributed by atoms with Gasteiger partial charge in [0.2, 0.25) is 0 Å². The minimum atomic E-state index is -1.51. The highest BCUT2D eigenvalue weighted by atomic mass is 16.5. The first-order chi connectivity index (χ1) is 7.42. The molecule has 3 unspecified atom stereocenters. The average molecular weight is 231 g/mol. The van der Waals surface area contributed by atoms with Crippen molar-refractivity contribution in [2.45, 2.75) is 31.9 Å². The van der Waals surface area contributed by atoms with E-state index < -0.39 is 11.6 Å². The van der Waals surface area contributed by atoms with Crippen LogP contribution < -0.4 is 0 Å². The van der Waals surface area contributed by atoms with Crippen molar-refractivity contribution < 1.29 is 19.7 Å². The van der Waals surface area contributed by atoms with Crippen LogP contribution in [-0.2, 0) is 9.53 Å². The van der Waals surface area contributed by atoms with Crippen molar-refractivity contribution in [1.29, 1.82) is 0 Å². The van der Waals surface area contributed by atoms with Gasteiger partial charge in [-0.05, 0) is 25.8 Å². The van der Waals surface area contributed by atoms with Gasteiger partial charge in [-0.2, -0.15) is 0 Å². The third kappa shape index (κ3) is 2.72. The number of hydrogen-bond donors (Lipinski definition) is 2. The smallest absolute Gasteiger partial charge is 0.338 e. The van der Waals surface area contributed by atoms with Gasteiger partial charge in [0.1, 0.15) is 0 Å². The minimum Gasteiger partial charge on any atom is -0.467 e. The van der Waals surface area contributed by atoms with Crippen LogP contribution in [0.1, 0.15) is 20.3 Å². The number of ether oxygens (including phenoxy) is 1. The fourth-order valence-electron chi connectivity index (χ4n) is 2.26. The Morgan fingerprint density at radius 2 is 2.25 bits per heavy atom. The third-order valence-electron chi connectivity index (χ3n) is 3.32. The van der Waals surface area contributed by atoms with Gasteiger partial charge in [-0.15, -0.1) is 0 Å². The van der Waals surface area contributed by atoms with Gasteiger partial charge in [-0.25, -0.2) is 4.79 Å². The summed E-state index contributed by atoms with van der Waals surface area (Å²) in [6, 6.07) is 0.0242. The van der Waals surface area contributed by atoms with Crippen molar-refractivity contribution in [1.82, 2.24) is 4.90 Å². The number of carbonyl (C=O) groups excluding carboxylic acids is 1. The summed E-state index contributed by atoms with van der Waals surface area (Å²) >= 11 is 0. The molecule has 0 saturated carbocycles. The quantitative estimate of drug-likeness (QED) is 0.645. The summed E-state index contributed by atoms with van der Waals surface area (Å²) in [4.78, 5) is 13.3. The zero-order valence-corrected chi connectivity index (χ0v) is 10.1. The maximum Gasteiger partial charge on any atom is 0.338 e. The van der Waals surface area contributed by atoms with E-state index in [2.05, 4.69) is 11.7 Å². The molecule has 1 aliphatic rings. The van der Waals surface area contributed by atoms with Crippen LogP contribution in [0.25, 0.3) is 0 Å². The van der Waals surface area contributed by atoms with Crippen molar-refractivity contribution in [3.05, 3.63) is 0 Å². The van der Waals surface area contributed by atoms with E-state index in [1.807, 2.05) is 4.90 Å². The second kappa shape index (κ2) is 5.12. The number of carbonyl (C=O) groups is 1. The number of aliphatic hydroxyl groups is 2. The molecule has 5 nitrogen and oxygen atoms in total. The molecule has 94 valence electrons. The number of rotatable bonds is 4. The van der Waals surface area contributed by atoms with E-state index in [1.54, 1.807) is 0 Å². The molecule has 1 aliphatic heterocycles. The van der Waals surface area contributed by atoms with E-state index in [1.165, 1.54) is 14.0 Å². The highest BCUT2D eigenvalue weighted by molar-refractivity contribution is 5.78. The van der Waals surface area contributed by atoms with Crippen LogP contribution in [-0.4, -0.2) is 59.5 Å². The topological polar surface area (TPSA) is 70.0 Å². The largest absolute Gasteiger partial charge is 0.467 e. The number of methoxy groups -OCH3 is 1. The fraction of sp³-hybridized carbons (Fsp3) is 0.909. The van der Waals surface area contributed by atoms with Gasteiger partial charge in [0.15, 0.2) is 5.60 Å². The van der Waals surface area contributed by atoms with Crippen LogP contribution in [0.5, 0.6) is 0 Å². The average Bonchev–Trinajstić information content (AvgIpc) is 2.57. The van der Waals surface area contributed by atoms with E-state index in [9.17, 15) is 15.0 Å². The molecule has 0 aromatic rings. The minimum absolute atomic E-state index is 0.0242. The second-order valence-electron chi connectivity index (χ2n) is 4.75. The monoisotopic (exact) mass is 231 g/mol. The lowest BCUT2D eigenvalue weighted by atomic mass is 10.0. The van der Waals surface area contributed by atoms with Gasteiger partial charge in [-0.3, -0.25) is 4.90 Å². The molecule has 0 radical (unpaired) electrons. The van der Waals surface area contributed by atoms with E-state index in [-0.39, 0.29) is 19.2 Å². The zero-order chi connectivity index (χ0) is 12.3. The van der Waals surface area contributed by atoms with Gasteiger partial charge >= 0.3 is 5.97 Å². The van der Waals surface area contributed by atoms with E-state index in [4.69, 9.17) is 0 Å². The Hall–Kier alpha value is -0.650. The predicted octanol–water partition coefficient (Wildman–Crippen LogP) is -0.387. The van der Waals surface area contributed by atoms with E-state index >= 15 is 0 Å². The molecule has 1 heterocycles. The number of nitrogens with zero attached hydrogens (tertiary/aromatic N) is 1. The lowest BCUT2D eigenvalue weighted by molar-refractivity contribution is -0.162. The molecule has 0 bridgehead atoms. The Balaban J connectivity index is 2.63. The fourth-order valence-corrected chi connectivity index (χ4v) is 2.26. The Morgan fingerprint density at radius 1 is 1.62 bits per heavy atom. The number of hydrogen-bond acceptors (Lipinski definition) is 5. The normalized spacial score (nSPS) is 30.1. The highest BCUT2D eigenvalue weighted by Crippen LogP contribution is 2.25. The van der Waals surface area contributed by atoms with Gasteiger partial charge in [0.25, 0.3) is 0 Å². The molecule has 1 saturated heterocycles. The molecule has 16 heavy (non-hydrogen) atoms. The Labute approximate surface area is 96.0 Å². The molecule has 0 aliphatic carbocycles. The van der Waals surface area contributed by atoms with Crippen LogP contribution in [0.3, 0.4) is 0 Å². The molecule has 5 heteroatoms. The van der Waals surface area contributed by atoms with Gasteiger partial charge < -0.3 is 14.9 Å². The second-order valence-corrected chi connectivity index (χ2v) is 4.75. The maximum atomic E-state index is 11.3. The Morgan fingerprint density at radius 3 is 2.75 bits per heavy atom. The number of β-amino-alcohol motifs (C(OH)–C–C–N with tert-alkyl or cyclic N) is 1. The Bertz CT molecular complexity index is 254. The standard InChI is InChI=1S/C11H21NO4/c1-8-4-5-12(9(8)6-13)7-11(2,15)10(14)16-3/h8-9,13,15H,4-7H2,1-3H3. The summed E-state index contributed by atoms with van der Waals surface area (Å²) in [6.07, 6.45) is 0.975. The summed E-state index contributed by atoms with van der Waals surface area (Å²) in [5, 5.41) is 19.2. The highest BCUT2D eigenvalue weighted by Gasteiger charge is 2.39. The first-order valence-corrected chi connectivity index (χ1v) is 5.58. The molecule has 3 atom stereocenters. The van der Waals surface area contributed by atoms with Crippen LogP contribution in [0.2, 0.25) is 0 Å². The number of aliphatic hydroxyl groups excluding tert-OH is 1. The zero-order valence-electron chi connectivity index (χ0n) is 10.1. The molecular formula is C11H21NO4. The van der Waals surface area contributed by atoms with Crippen molar-refractivity contribution in [3.8, 4) is 0 Å². The van der Waals surface area contributed by atoms with Crippen molar-refractivity contribution in [2.75, 3.05) is 26.8 Å². The SMILES string of the molecule is COC(=O)C(C)(O)CN1CCC(C)C1CO. The van der Waals surface area contributed by atoms with Crippen molar-refractivity contribution in [2.24, 2.45) is 5.92 Å². The Kier molecular flexibility index (Phi) is 4.29. The van der Waals surface area contributed by atoms with Crippen LogP contribution in [0, 0.1) is 5.92 Å². The lowest BCUT2D eigenvalue weighted by Crippen LogP contribution is -2.50. The summed E-state index contributed by atoms with van der Waals surface area (Å²) in [5.41, 5.74) is -1.51. The molecule has 0 amide bonds. The van der Waals surface area contributed by atoms with Gasteiger partial charge in [0, 0.05) is 12.6 Å². The molecule has 0 aromatic heterocycles. The van der Waals surface area contributed by atoms with Crippen LogP contribution in [0.4, 0.5) is 0 Å². The molecule has 0 spiro atoms.